The lowest BCUT2D eigenvalue weighted by Gasteiger charge is -2.19. The van der Waals surface area contributed by atoms with Crippen LogP contribution in [0.5, 0.6) is 0 Å². The van der Waals surface area contributed by atoms with Gasteiger partial charge in [0.2, 0.25) is 5.91 Å². The summed E-state index contributed by atoms with van der Waals surface area (Å²) in [6.45, 7) is 1.01. The largest absolute Gasteiger partial charge is 0.341 e. The summed E-state index contributed by atoms with van der Waals surface area (Å²) in [6, 6.07) is 0.669. The Morgan fingerprint density at radius 2 is 2.50 bits per heavy atom. The molecular weight excluding hydrogens is 128 g/mol. The number of fused-ring (bicyclic) bond motifs is 2. The van der Waals surface area contributed by atoms with Crippen LogP contribution in [0, 0.1) is 0 Å². The van der Waals surface area contributed by atoms with Crippen molar-refractivity contribution in [1.29, 1.82) is 0 Å². The van der Waals surface area contributed by atoms with Crippen molar-refractivity contribution < 1.29 is 4.79 Å². The van der Waals surface area contributed by atoms with Crippen molar-refractivity contribution in [1.82, 2.24) is 10.2 Å². The van der Waals surface area contributed by atoms with Gasteiger partial charge in [0, 0.05) is 13.1 Å². The summed E-state index contributed by atoms with van der Waals surface area (Å²) in [5.41, 5.74) is 0. The van der Waals surface area contributed by atoms with Gasteiger partial charge in [-0.15, -0.1) is 0 Å². The first-order valence-electron chi connectivity index (χ1n) is 3.79. The Morgan fingerprint density at radius 1 is 1.70 bits per heavy atom. The first-order chi connectivity index (χ1) is 4.79. The lowest BCUT2D eigenvalue weighted by Crippen LogP contribution is -2.36. The Kier molecular flexibility index (Phi) is 1.20. The molecule has 0 aromatic rings. The second-order valence-electron chi connectivity index (χ2n) is 3.13. The standard InChI is InChI=1S/C7H12N2O/c1-9-5-2-3-8-6(4-5)7(9)10/h5-6,8H,2-4H2,1H3. The summed E-state index contributed by atoms with van der Waals surface area (Å²) in [5, 5.41) is 3.20. The molecule has 2 heterocycles. The molecule has 3 heteroatoms. The molecule has 2 aliphatic heterocycles. The summed E-state index contributed by atoms with van der Waals surface area (Å²) in [5.74, 6) is 0.280. The molecule has 0 aromatic carbocycles. The number of nitrogens with one attached hydrogen (secondary N) is 1. The molecule has 10 heavy (non-hydrogen) atoms. The van der Waals surface area contributed by atoms with Gasteiger partial charge in [0.05, 0.1) is 6.04 Å². The van der Waals surface area contributed by atoms with Gasteiger partial charge >= 0.3 is 0 Å². The van der Waals surface area contributed by atoms with Crippen molar-refractivity contribution in [3.8, 4) is 0 Å². The van der Waals surface area contributed by atoms with Gasteiger partial charge in [-0.05, 0) is 19.4 Å². The molecule has 1 N–H and O–H groups in total. The summed E-state index contributed by atoms with van der Waals surface area (Å²) in [7, 11) is 1.90. The van der Waals surface area contributed by atoms with Gasteiger partial charge in [0.25, 0.3) is 0 Å². The lowest BCUT2D eigenvalue weighted by atomic mass is 10.1. The van der Waals surface area contributed by atoms with Crippen LogP contribution in [0.1, 0.15) is 12.8 Å². The number of carbonyl (C=O) groups excluding carboxylic acids is 1. The average molecular weight is 140 g/mol. The fraction of sp³-hybridized carbons (Fsp3) is 0.857. The van der Waals surface area contributed by atoms with Crippen LogP contribution < -0.4 is 5.32 Å². The highest BCUT2D eigenvalue weighted by atomic mass is 16.2. The van der Waals surface area contributed by atoms with E-state index < -0.39 is 0 Å². The number of likely N-dealkylation sites (tertiary alicyclic amines) is 1. The first kappa shape index (κ1) is 6.16. The van der Waals surface area contributed by atoms with E-state index in [4.69, 9.17) is 0 Å². The number of hydrogen-bond acceptors (Lipinski definition) is 2. The third-order valence-electron chi connectivity index (χ3n) is 2.57. The zero-order chi connectivity index (χ0) is 7.14. The monoisotopic (exact) mass is 140 g/mol. The van der Waals surface area contributed by atoms with Crippen LogP contribution in [0.25, 0.3) is 0 Å². The second kappa shape index (κ2) is 1.95. The SMILES string of the molecule is CN1C(=O)C2CC1CCN2. The van der Waals surface area contributed by atoms with E-state index in [1.54, 1.807) is 0 Å². The van der Waals surface area contributed by atoms with E-state index in [1.807, 2.05) is 11.9 Å². The minimum Gasteiger partial charge on any atom is -0.341 e. The minimum absolute atomic E-state index is 0.142. The summed E-state index contributed by atoms with van der Waals surface area (Å²) in [4.78, 5) is 13.1. The smallest absolute Gasteiger partial charge is 0.239 e. The van der Waals surface area contributed by atoms with E-state index in [9.17, 15) is 4.79 Å². The Morgan fingerprint density at radius 3 is 3.10 bits per heavy atom. The van der Waals surface area contributed by atoms with Crippen LogP contribution in [0.3, 0.4) is 0 Å². The molecule has 2 atom stereocenters. The van der Waals surface area contributed by atoms with Gasteiger partial charge in [-0.2, -0.15) is 0 Å². The number of likely N-dealkylation sites (N-methyl/N-ethyl adjacent to an activating group) is 1. The molecule has 2 saturated heterocycles. The Labute approximate surface area is 60.4 Å². The quantitative estimate of drug-likeness (QED) is 0.495. The van der Waals surface area contributed by atoms with Crippen LogP contribution in [0.15, 0.2) is 0 Å². The fourth-order valence-corrected chi connectivity index (χ4v) is 1.86. The highest BCUT2D eigenvalue weighted by Crippen LogP contribution is 2.23. The summed E-state index contributed by atoms with van der Waals surface area (Å²) < 4.78 is 0. The Hall–Kier alpha value is -0.570. The summed E-state index contributed by atoms with van der Waals surface area (Å²) >= 11 is 0. The Bertz CT molecular complexity index is 165. The van der Waals surface area contributed by atoms with Crippen LogP contribution >= 0.6 is 0 Å². The third-order valence-corrected chi connectivity index (χ3v) is 2.57. The van der Waals surface area contributed by atoms with Gasteiger partial charge in [0.15, 0.2) is 0 Å². The van der Waals surface area contributed by atoms with Gasteiger partial charge in [-0.25, -0.2) is 0 Å². The van der Waals surface area contributed by atoms with Crippen LogP contribution in [0.4, 0.5) is 0 Å². The van der Waals surface area contributed by atoms with E-state index in [0.29, 0.717) is 6.04 Å². The van der Waals surface area contributed by atoms with Crippen molar-refractivity contribution in [2.24, 2.45) is 0 Å². The molecule has 2 rings (SSSR count). The number of nitrogens with zero attached hydrogens (tertiary/aromatic N) is 1. The summed E-state index contributed by atoms with van der Waals surface area (Å²) in [6.07, 6.45) is 2.15. The maximum atomic E-state index is 11.3. The van der Waals surface area contributed by atoms with Crippen LogP contribution in [0.2, 0.25) is 0 Å². The van der Waals surface area contributed by atoms with Crippen molar-refractivity contribution in [3.05, 3.63) is 0 Å². The predicted molar refractivity (Wildman–Crippen MR) is 37.6 cm³/mol. The molecular formula is C7H12N2O. The lowest BCUT2D eigenvalue weighted by molar-refractivity contribution is -0.128. The molecule has 0 spiro atoms. The molecule has 0 saturated carbocycles. The zero-order valence-electron chi connectivity index (χ0n) is 6.13. The number of rotatable bonds is 0. The normalized spacial score (nSPS) is 38.9. The average Bonchev–Trinajstić information content (AvgIpc) is 2.17. The second-order valence-corrected chi connectivity index (χ2v) is 3.13. The van der Waals surface area contributed by atoms with Crippen LogP contribution in [-0.4, -0.2) is 36.5 Å². The minimum atomic E-state index is 0.142. The number of piperidine rings is 1. The topological polar surface area (TPSA) is 32.3 Å². The van der Waals surface area contributed by atoms with Crippen molar-refractivity contribution in [2.45, 2.75) is 24.9 Å². The molecule has 0 aromatic heterocycles. The van der Waals surface area contributed by atoms with E-state index in [2.05, 4.69) is 5.32 Å². The molecule has 2 bridgehead atoms. The van der Waals surface area contributed by atoms with Gasteiger partial charge < -0.3 is 10.2 Å². The molecule has 2 fully saturated rings. The molecule has 2 aliphatic rings. The van der Waals surface area contributed by atoms with E-state index in [1.165, 1.54) is 0 Å². The first-order valence-corrected chi connectivity index (χ1v) is 3.79. The number of hydrogen-bond donors (Lipinski definition) is 1. The molecule has 3 nitrogen and oxygen atoms in total. The van der Waals surface area contributed by atoms with Crippen LogP contribution in [-0.2, 0) is 4.79 Å². The van der Waals surface area contributed by atoms with Gasteiger partial charge in [0.1, 0.15) is 0 Å². The van der Waals surface area contributed by atoms with Crippen molar-refractivity contribution in [2.75, 3.05) is 13.6 Å². The fourth-order valence-electron chi connectivity index (χ4n) is 1.86. The van der Waals surface area contributed by atoms with E-state index in [0.717, 1.165) is 19.4 Å². The maximum absolute atomic E-state index is 11.3. The highest BCUT2D eigenvalue weighted by Gasteiger charge is 2.39. The maximum Gasteiger partial charge on any atom is 0.239 e. The van der Waals surface area contributed by atoms with E-state index >= 15 is 0 Å². The highest BCUT2D eigenvalue weighted by molar-refractivity contribution is 5.84. The van der Waals surface area contributed by atoms with Gasteiger partial charge in [-0.3, -0.25) is 4.79 Å². The van der Waals surface area contributed by atoms with E-state index in [-0.39, 0.29) is 11.9 Å². The third kappa shape index (κ3) is 0.669. The molecule has 0 aliphatic carbocycles. The molecule has 1 amide bonds. The number of amides is 1. The molecule has 56 valence electrons. The Balaban J connectivity index is 2.21. The zero-order valence-corrected chi connectivity index (χ0v) is 6.13. The number of carbonyl (C=O) groups is 1. The molecule has 2 unspecified atom stereocenters. The molecule has 0 radical (unpaired) electrons. The predicted octanol–water partition coefficient (Wildman–Crippen LogP) is -0.421. The van der Waals surface area contributed by atoms with Crippen molar-refractivity contribution >= 4 is 5.91 Å². The van der Waals surface area contributed by atoms with Gasteiger partial charge in [-0.1, -0.05) is 0 Å². The van der Waals surface area contributed by atoms with Crippen molar-refractivity contribution in [3.63, 3.8) is 0 Å².